The van der Waals surface area contributed by atoms with Gasteiger partial charge < -0.3 is 70.5 Å². The predicted molar refractivity (Wildman–Crippen MR) is 364 cm³/mol. The van der Waals surface area contributed by atoms with Crippen LogP contribution in [0.25, 0.3) is 10.9 Å². The number of aromatic nitrogens is 1. The molecule has 0 aliphatic heterocycles. The number of carbonyl (C=O) groups excluding carboxylic acids is 2. The van der Waals surface area contributed by atoms with Gasteiger partial charge in [-0.05, 0) is 78.4 Å². The first-order valence-corrected chi connectivity index (χ1v) is 37.1. The molecule has 2 aromatic rings. The summed E-state index contributed by atoms with van der Waals surface area (Å²) in [6, 6.07) is 9.13. The zero-order chi connectivity index (χ0) is 62.7. The summed E-state index contributed by atoms with van der Waals surface area (Å²) in [7, 11) is 4.09. The SMILES string of the molecule is CCCCCCCCCCCCCCCCCC(=O)[O-].CCCCCCCCCCCCCCCCCC(=O)[O-].CCCCCCCCCCCCCCCC[N+](C)(C)C.CCO[Si](OCC)(OCC)OCC.O.Oc1cccc2cccnc12.[Cl-].[Co+2].[Na+].[OH-]. The Morgan fingerprint density at radius 1 is 0.427 bits per heavy atom. The molecule has 1 radical (unpaired) electrons. The molecule has 2 rings (SSSR count). The topological polar surface area (TPSA) is 212 Å². The van der Waals surface area contributed by atoms with Gasteiger partial charge in [0.05, 0.1) is 27.7 Å². The largest absolute Gasteiger partial charge is 2.00 e. The fourth-order valence-corrected chi connectivity index (χ4v) is 12.0. The van der Waals surface area contributed by atoms with E-state index in [1.54, 1.807) is 18.3 Å². The van der Waals surface area contributed by atoms with E-state index >= 15 is 0 Å². The molecule has 0 unspecified atom stereocenters. The number of carboxylic acid groups (broad SMARTS) is 2. The third kappa shape index (κ3) is 83.1. The molecule has 4 N–H and O–H groups in total. The number of hydrogen-bond acceptors (Lipinski definition) is 11. The maximum atomic E-state index is 10.2. The molecule has 0 fully saturated rings. The van der Waals surface area contributed by atoms with Gasteiger partial charge in [0.15, 0.2) is 0 Å². The summed E-state index contributed by atoms with van der Waals surface area (Å²) >= 11 is 0. The third-order valence-electron chi connectivity index (χ3n) is 15.0. The van der Waals surface area contributed by atoms with Crippen molar-refractivity contribution in [3.63, 3.8) is 0 Å². The molecular weight excluding hydrogens is 1210 g/mol. The molecule has 0 amide bonds. The van der Waals surface area contributed by atoms with Gasteiger partial charge in [0.1, 0.15) is 11.3 Å². The average molecular weight is 1360 g/mol. The second-order valence-corrected chi connectivity index (χ2v) is 26.5. The first kappa shape index (κ1) is 104. The molecule has 89 heavy (non-hydrogen) atoms. The van der Waals surface area contributed by atoms with E-state index in [0.29, 0.717) is 31.9 Å². The van der Waals surface area contributed by atoms with Crippen molar-refractivity contribution in [1.82, 2.24) is 4.98 Å². The summed E-state index contributed by atoms with van der Waals surface area (Å²) in [5, 5.41) is 30.7. The number of halogens is 1. The number of quaternary nitrogens is 1. The van der Waals surface area contributed by atoms with Crippen LogP contribution in [0, 0.1) is 0 Å². The van der Waals surface area contributed by atoms with Crippen LogP contribution in [0.3, 0.4) is 0 Å². The number of hydrogen-bond donors (Lipinski definition) is 1. The van der Waals surface area contributed by atoms with Crippen LogP contribution < -0.4 is 52.2 Å². The Bertz CT molecular complexity index is 1580. The molecule has 0 atom stereocenters. The molecule has 13 nitrogen and oxygen atoms in total. The van der Waals surface area contributed by atoms with Crippen molar-refractivity contribution in [2.24, 2.45) is 0 Å². The van der Waals surface area contributed by atoms with Crippen LogP contribution >= 0.6 is 0 Å². The molecule has 17 heteroatoms. The van der Waals surface area contributed by atoms with E-state index in [1.165, 1.54) is 263 Å². The van der Waals surface area contributed by atoms with E-state index in [4.69, 9.17) is 17.7 Å². The molecule has 0 aliphatic rings. The quantitative estimate of drug-likeness (QED) is 0.0374. The van der Waals surface area contributed by atoms with Gasteiger partial charge in [0.25, 0.3) is 0 Å². The zero-order valence-electron chi connectivity index (χ0n) is 59.8. The number of aliphatic carboxylic acids is 2. The molecule has 0 saturated heterocycles. The number of aromatic hydroxyl groups is 1. The van der Waals surface area contributed by atoms with Gasteiger partial charge in [-0.2, -0.15) is 0 Å². The number of carboxylic acids is 2. The summed E-state index contributed by atoms with van der Waals surface area (Å²) < 4.78 is 22.8. The number of para-hydroxylation sites is 1. The number of phenolic OH excluding ortho intramolecular Hbond substituents is 1. The van der Waals surface area contributed by atoms with Gasteiger partial charge in [-0.15, -0.1) is 0 Å². The van der Waals surface area contributed by atoms with Crippen LogP contribution in [0.2, 0.25) is 0 Å². The number of fused-ring (bicyclic) bond motifs is 1. The second kappa shape index (κ2) is 83.2. The van der Waals surface area contributed by atoms with Crippen LogP contribution in [0.5, 0.6) is 5.75 Å². The Kier molecular flexibility index (Phi) is 97.4. The van der Waals surface area contributed by atoms with Crippen LogP contribution in [-0.2, 0) is 44.1 Å². The third-order valence-corrected chi connectivity index (χ3v) is 17.6. The minimum atomic E-state index is -2.80. The maximum Gasteiger partial charge on any atom is 2.00 e. The van der Waals surface area contributed by atoms with Crippen LogP contribution in [0.1, 0.15) is 344 Å². The van der Waals surface area contributed by atoms with E-state index in [2.05, 4.69) is 46.9 Å². The van der Waals surface area contributed by atoms with Crippen molar-refractivity contribution >= 4 is 31.9 Å². The number of rotatable bonds is 55. The Morgan fingerprint density at radius 3 is 0.888 bits per heavy atom. The number of phenols is 1. The zero-order valence-corrected chi connectivity index (χ0v) is 64.6. The monoisotopic (exact) mass is 1360 g/mol. The number of benzene rings is 1. The van der Waals surface area contributed by atoms with Crippen molar-refractivity contribution in [1.29, 1.82) is 0 Å². The van der Waals surface area contributed by atoms with Crippen molar-refractivity contribution in [2.45, 2.75) is 344 Å². The summed E-state index contributed by atoms with van der Waals surface area (Å²) in [6.45, 7) is 18.0. The summed E-state index contributed by atoms with van der Waals surface area (Å²) in [4.78, 5) is 24.5. The molecule has 0 spiro atoms. The molecular formula is C72H142ClCoN2NaO11Si. The van der Waals surface area contributed by atoms with E-state index in [0.717, 1.165) is 35.6 Å². The number of unbranched alkanes of at least 4 members (excludes halogenated alkanes) is 41. The Labute approximate surface area is 589 Å². The summed E-state index contributed by atoms with van der Waals surface area (Å²) in [6.07, 6.45) is 61.8. The summed E-state index contributed by atoms with van der Waals surface area (Å²) in [5.74, 6) is -1.57. The normalized spacial score (nSPS) is 10.6. The molecule has 0 bridgehead atoms. The Hall–Kier alpha value is -0.897. The summed E-state index contributed by atoms with van der Waals surface area (Å²) in [5.41, 5.74) is 0.662. The van der Waals surface area contributed by atoms with E-state index in [9.17, 15) is 24.9 Å². The molecule has 1 aromatic heterocycles. The van der Waals surface area contributed by atoms with Crippen LogP contribution in [0.15, 0.2) is 36.5 Å². The minimum Gasteiger partial charge on any atom is -1.00 e. The van der Waals surface area contributed by atoms with Crippen LogP contribution in [-0.4, -0.2) is 101 Å². The average Bonchev–Trinajstić information content (AvgIpc) is 3.67. The van der Waals surface area contributed by atoms with Crippen molar-refractivity contribution < 1.29 is 117 Å². The second-order valence-electron chi connectivity index (χ2n) is 24.3. The smallest absolute Gasteiger partial charge is 1.00 e. The number of carbonyl (C=O) groups is 2. The predicted octanol–water partition coefficient (Wildman–Crippen LogP) is 12.7. The van der Waals surface area contributed by atoms with Crippen molar-refractivity contribution in [2.75, 3.05) is 54.1 Å². The first-order chi connectivity index (χ1) is 40.7. The van der Waals surface area contributed by atoms with Gasteiger partial charge in [-0.25, -0.2) is 0 Å². The number of pyridine rings is 1. The first-order valence-electron chi connectivity index (χ1n) is 35.5. The molecule has 527 valence electrons. The minimum absolute atomic E-state index is 0. The number of nitrogens with zero attached hydrogens (tertiary/aromatic N) is 2. The molecule has 1 aromatic carbocycles. The van der Waals surface area contributed by atoms with E-state index in [-0.39, 0.29) is 88.3 Å². The van der Waals surface area contributed by atoms with Crippen LogP contribution in [0.4, 0.5) is 0 Å². The maximum absolute atomic E-state index is 10.2. The molecule has 1 heterocycles. The van der Waals surface area contributed by atoms with Gasteiger partial charge in [-0.1, -0.05) is 296 Å². The molecule has 0 saturated carbocycles. The standard InChI is InChI=1S/C19H42N.2C18H36O2.C9H7NO.C8H20O4Si.ClH.Co.Na.2H2O/c1-5-6-7-8-9-10-11-12-13-14-15-16-17-18-19-20(2,3)4;2*1-2-3-4-5-6-7-8-9-10-11-12-13-14-15-16-17-18(19)20;11-8-5-1-3-7-4-2-6-10-9(7)8;1-5-9-13(10-6-2,11-7-3)12-8-4;;;;;/h5-19H2,1-4H3;2*2-17H2,1H3,(H,19,20);1-6,11H;5-8H2,1-4H3;1H;;;2*1H2/q+1;;;;;;+2;+1;;/p-4. The molecule has 0 aliphatic carbocycles. The van der Waals surface area contributed by atoms with Gasteiger partial charge in [0, 0.05) is 49.9 Å². The van der Waals surface area contributed by atoms with Gasteiger partial charge in [0.2, 0.25) is 0 Å². The Morgan fingerprint density at radius 2 is 0.663 bits per heavy atom. The fourth-order valence-electron chi connectivity index (χ4n) is 10.1. The van der Waals surface area contributed by atoms with Gasteiger partial charge in [-0.3, -0.25) is 4.98 Å². The van der Waals surface area contributed by atoms with E-state index < -0.39 is 21.0 Å². The van der Waals surface area contributed by atoms with Crippen molar-refractivity contribution in [3.8, 4) is 5.75 Å². The van der Waals surface area contributed by atoms with E-state index in [1.807, 2.05) is 45.9 Å². The van der Waals surface area contributed by atoms with Gasteiger partial charge >= 0.3 is 55.4 Å². The Balaban J connectivity index is -0.000000154. The fraction of sp³-hybridized carbons (Fsp3) is 0.847. The van der Waals surface area contributed by atoms with Crippen molar-refractivity contribution in [3.05, 3.63) is 36.5 Å².